The fourth-order valence-electron chi connectivity index (χ4n) is 2.84. The smallest absolute Gasteiger partial charge is 0.250 e. The molecule has 1 fully saturated rings. The fourth-order valence-corrected chi connectivity index (χ4v) is 2.84. The average molecular weight is 310 g/mol. The van der Waals surface area contributed by atoms with E-state index in [0.29, 0.717) is 0 Å². The molecule has 3 heterocycles. The van der Waals surface area contributed by atoms with E-state index in [1.807, 2.05) is 42.5 Å². The predicted molar refractivity (Wildman–Crippen MR) is 85.4 cm³/mol. The number of rotatable bonds is 4. The summed E-state index contributed by atoms with van der Waals surface area (Å²) in [6, 6.07) is 13.9. The van der Waals surface area contributed by atoms with Crippen LogP contribution in [0.25, 0.3) is 5.69 Å². The van der Waals surface area contributed by atoms with Gasteiger partial charge in [0.1, 0.15) is 5.76 Å². The van der Waals surface area contributed by atoms with Gasteiger partial charge in [-0.25, -0.2) is 0 Å². The molecule has 0 atom stereocenters. The molecule has 0 bridgehead atoms. The predicted octanol–water partition coefficient (Wildman–Crippen LogP) is 1.58. The SMILES string of the molecule is c1ccc(-n2nnnc2N2CCN(Cc3ccco3)CC2)cc1. The van der Waals surface area contributed by atoms with Crippen molar-refractivity contribution in [1.82, 2.24) is 25.1 Å². The van der Waals surface area contributed by atoms with E-state index in [9.17, 15) is 0 Å². The monoisotopic (exact) mass is 310 g/mol. The minimum atomic E-state index is 0.800. The van der Waals surface area contributed by atoms with Crippen LogP contribution in [0.3, 0.4) is 0 Å². The summed E-state index contributed by atoms with van der Waals surface area (Å²) in [6.45, 7) is 4.57. The van der Waals surface area contributed by atoms with Gasteiger partial charge in [-0.05, 0) is 34.7 Å². The summed E-state index contributed by atoms with van der Waals surface area (Å²) >= 11 is 0. The summed E-state index contributed by atoms with van der Waals surface area (Å²) in [5, 5.41) is 12.2. The third-order valence-corrected chi connectivity index (χ3v) is 4.07. The highest BCUT2D eigenvalue weighted by Gasteiger charge is 2.22. The van der Waals surface area contributed by atoms with Gasteiger partial charge in [-0.1, -0.05) is 23.3 Å². The van der Waals surface area contributed by atoms with Crippen molar-refractivity contribution < 1.29 is 4.42 Å². The zero-order valence-electron chi connectivity index (χ0n) is 12.7. The van der Waals surface area contributed by atoms with Gasteiger partial charge < -0.3 is 9.32 Å². The summed E-state index contributed by atoms with van der Waals surface area (Å²) in [4.78, 5) is 4.61. The Bertz CT molecular complexity index is 731. The van der Waals surface area contributed by atoms with Crippen LogP contribution in [0.5, 0.6) is 0 Å². The molecule has 1 aliphatic heterocycles. The van der Waals surface area contributed by atoms with Crippen LogP contribution < -0.4 is 4.90 Å². The largest absolute Gasteiger partial charge is 0.468 e. The lowest BCUT2D eigenvalue weighted by Gasteiger charge is -2.34. The van der Waals surface area contributed by atoms with Crippen LogP contribution in [0.2, 0.25) is 0 Å². The average Bonchev–Trinajstić information content (AvgIpc) is 3.28. The Morgan fingerprint density at radius 3 is 2.52 bits per heavy atom. The summed E-state index contributed by atoms with van der Waals surface area (Å²) in [6.07, 6.45) is 1.72. The normalized spacial score (nSPS) is 15.9. The zero-order valence-corrected chi connectivity index (χ0v) is 12.7. The molecule has 0 unspecified atom stereocenters. The van der Waals surface area contributed by atoms with Crippen molar-refractivity contribution in [3.63, 3.8) is 0 Å². The molecule has 0 amide bonds. The van der Waals surface area contributed by atoms with Gasteiger partial charge in [0.15, 0.2) is 0 Å². The molecule has 7 nitrogen and oxygen atoms in total. The second-order valence-corrected chi connectivity index (χ2v) is 5.57. The zero-order chi connectivity index (χ0) is 15.5. The Hall–Kier alpha value is -2.67. The standard InChI is InChI=1S/C16H18N6O/c1-2-5-14(6-3-1)22-16(17-18-19-22)21-10-8-20(9-11-21)13-15-7-4-12-23-15/h1-7,12H,8-11,13H2. The highest BCUT2D eigenvalue weighted by Crippen LogP contribution is 2.17. The number of benzene rings is 1. The molecule has 1 aliphatic rings. The van der Waals surface area contributed by atoms with E-state index in [0.717, 1.165) is 50.1 Å². The number of furan rings is 1. The van der Waals surface area contributed by atoms with Crippen molar-refractivity contribution in [3.8, 4) is 5.69 Å². The molecular weight excluding hydrogens is 292 g/mol. The van der Waals surface area contributed by atoms with Crippen LogP contribution in [0, 0.1) is 0 Å². The van der Waals surface area contributed by atoms with Crippen LogP contribution in [0.1, 0.15) is 5.76 Å². The molecule has 0 aliphatic carbocycles. The number of aromatic nitrogens is 4. The number of anilines is 1. The van der Waals surface area contributed by atoms with Gasteiger partial charge in [-0.2, -0.15) is 4.68 Å². The molecule has 7 heteroatoms. The van der Waals surface area contributed by atoms with Gasteiger partial charge in [0, 0.05) is 26.2 Å². The highest BCUT2D eigenvalue weighted by atomic mass is 16.3. The number of para-hydroxylation sites is 1. The van der Waals surface area contributed by atoms with Gasteiger partial charge in [0.05, 0.1) is 18.5 Å². The van der Waals surface area contributed by atoms with E-state index < -0.39 is 0 Å². The lowest BCUT2D eigenvalue weighted by molar-refractivity contribution is 0.229. The van der Waals surface area contributed by atoms with Gasteiger partial charge in [0.2, 0.25) is 5.95 Å². The molecule has 2 aromatic heterocycles. The minimum Gasteiger partial charge on any atom is -0.468 e. The minimum absolute atomic E-state index is 0.800. The fraction of sp³-hybridized carbons (Fsp3) is 0.312. The topological polar surface area (TPSA) is 63.2 Å². The molecule has 1 aromatic carbocycles. The lowest BCUT2D eigenvalue weighted by atomic mass is 10.3. The van der Waals surface area contributed by atoms with Crippen LogP contribution in [0.4, 0.5) is 5.95 Å². The van der Waals surface area contributed by atoms with E-state index in [1.54, 1.807) is 10.9 Å². The third kappa shape index (κ3) is 2.95. The van der Waals surface area contributed by atoms with Crippen molar-refractivity contribution in [1.29, 1.82) is 0 Å². The molecule has 4 rings (SSSR count). The van der Waals surface area contributed by atoms with E-state index >= 15 is 0 Å². The molecule has 0 spiro atoms. The quantitative estimate of drug-likeness (QED) is 0.729. The number of nitrogens with zero attached hydrogens (tertiary/aromatic N) is 6. The Kier molecular flexibility index (Phi) is 3.77. The van der Waals surface area contributed by atoms with Gasteiger partial charge >= 0.3 is 0 Å². The van der Waals surface area contributed by atoms with Crippen molar-refractivity contribution in [3.05, 3.63) is 54.5 Å². The van der Waals surface area contributed by atoms with E-state index in [-0.39, 0.29) is 0 Å². The maximum Gasteiger partial charge on any atom is 0.250 e. The van der Waals surface area contributed by atoms with Gasteiger partial charge in [-0.15, -0.1) is 0 Å². The first-order chi connectivity index (χ1) is 11.4. The van der Waals surface area contributed by atoms with Crippen LogP contribution in [-0.4, -0.2) is 51.3 Å². The molecule has 0 saturated carbocycles. The number of piperazine rings is 1. The molecule has 0 N–H and O–H groups in total. The summed E-state index contributed by atoms with van der Waals surface area (Å²) < 4.78 is 7.21. The third-order valence-electron chi connectivity index (χ3n) is 4.07. The van der Waals surface area contributed by atoms with E-state index in [1.165, 1.54) is 0 Å². The van der Waals surface area contributed by atoms with Crippen molar-refractivity contribution >= 4 is 5.95 Å². The summed E-state index contributed by atoms with van der Waals surface area (Å²) in [5.41, 5.74) is 0.977. The first-order valence-electron chi connectivity index (χ1n) is 7.73. The number of hydrogen-bond acceptors (Lipinski definition) is 6. The van der Waals surface area contributed by atoms with Crippen LogP contribution in [0.15, 0.2) is 53.1 Å². The highest BCUT2D eigenvalue weighted by molar-refractivity contribution is 5.40. The molecule has 1 saturated heterocycles. The first kappa shape index (κ1) is 14.0. The van der Waals surface area contributed by atoms with Gasteiger partial charge in [-0.3, -0.25) is 4.90 Å². The lowest BCUT2D eigenvalue weighted by Crippen LogP contribution is -2.46. The van der Waals surface area contributed by atoms with E-state index in [4.69, 9.17) is 4.42 Å². The van der Waals surface area contributed by atoms with Crippen molar-refractivity contribution in [2.24, 2.45) is 0 Å². The Labute approximate surface area is 134 Å². The van der Waals surface area contributed by atoms with Crippen LogP contribution >= 0.6 is 0 Å². The first-order valence-corrected chi connectivity index (χ1v) is 7.73. The Morgan fingerprint density at radius 1 is 0.957 bits per heavy atom. The Morgan fingerprint density at radius 2 is 1.78 bits per heavy atom. The molecule has 3 aromatic rings. The summed E-state index contributed by atoms with van der Waals surface area (Å²) in [5.74, 6) is 1.81. The molecule has 118 valence electrons. The van der Waals surface area contributed by atoms with Crippen molar-refractivity contribution in [2.75, 3.05) is 31.1 Å². The maximum absolute atomic E-state index is 5.42. The second-order valence-electron chi connectivity index (χ2n) is 5.57. The van der Waals surface area contributed by atoms with Crippen LogP contribution in [-0.2, 0) is 6.54 Å². The summed E-state index contributed by atoms with van der Waals surface area (Å²) in [7, 11) is 0. The molecular formula is C16H18N6O. The second kappa shape index (κ2) is 6.21. The van der Waals surface area contributed by atoms with Crippen molar-refractivity contribution in [2.45, 2.75) is 6.54 Å². The number of tetrazole rings is 1. The molecule has 0 radical (unpaired) electrons. The number of hydrogen-bond donors (Lipinski definition) is 0. The maximum atomic E-state index is 5.42. The Balaban J connectivity index is 1.44. The molecule has 23 heavy (non-hydrogen) atoms. The van der Waals surface area contributed by atoms with Gasteiger partial charge in [0.25, 0.3) is 0 Å². The van der Waals surface area contributed by atoms with E-state index in [2.05, 4.69) is 25.3 Å².